The second kappa shape index (κ2) is 7.04. The van der Waals surface area contributed by atoms with E-state index in [0.717, 1.165) is 10.0 Å². The van der Waals surface area contributed by atoms with Gasteiger partial charge in [0, 0.05) is 0 Å². The first-order valence-corrected chi connectivity index (χ1v) is 8.32. The second-order valence-electron chi connectivity index (χ2n) is 5.16. The monoisotopic (exact) mass is 392 g/mol. The van der Waals surface area contributed by atoms with E-state index in [9.17, 15) is 4.79 Å². The lowest BCUT2D eigenvalue weighted by molar-refractivity contribution is -0.117. The summed E-state index contributed by atoms with van der Waals surface area (Å²) in [6, 6.07) is 3.54. The van der Waals surface area contributed by atoms with E-state index in [2.05, 4.69) is 37.9 Å². The molecular weight excluding hydrogens is 376 g/mol. The van der Waals surface area contributed by atoms with Crippen LogP contribution in [-0.2, 0) is 4.79 Å². The molecule has 24 heavy (non-hydrogen) atoms. The SMILES string of the molecule is C=CCOc1c(Br)cc(C2CC(=O)Nc3ncnn32)cc1OCC. The van der Waals surface area contributed by atoms with Crippen LogP contribution in [0, 0.1) is 0 Å². The van der Waals surface area contributed by atoms with Gasteiger partial charge in [0.25, 0.3) is 0 Å². The number of amides is 1. The number of benzene rings is 1. The molecule has 1 amide bonds. The Bertz CT molecular complexity index is 775. The Labute approximate surface area is 147 Å². The third kappa shape index (κ3) is 3.14. The zero-order valence-electron chi connectivity index (χ0n) is 13.2. The van der Waals surface area contributed by atoms with Crippen LogP contribution in [0.2, 0.25) is 0 Å². The number of halogens is 1. The molecule has 126 valence electrons. The average molecular weight is 393 g/mol. The van der Waals surface area contributed by atoms with Gasteiger partial charge in [-0.1, -0.05) is 12.7 Å². The molecule has 2 heterocycles. The predicted octanol–water partition coefficient (Wildman–Crippen LogP) is 2.94. The predicted molar refractivity (Wildman–Crippen MR) is 92.4 cm³/mol. The summed E-state index contributed by atoms with van der Waals surface area (Å²) in [6.07, 6.45) is 3.37. The van der Waals surface area contributed by atoms with Crippen molar-refractivity contribution in [2.75, 3.05) is 18.5 Å². The molecule has 0 saturated heterocycles. The molecule has 1 aromatic heterocycles. The van der Waals surface area contributed by atoms with Crippen molar-refractivity contribution in [3.05, 3.63) is 41.2 Å². The number of rotatable bonds is 6. The molecule has 3 rings (SSSR count). The van der Waals surface area contributed by atoms with Crippen LogP contribution in [0.5, 0.6) is 11.5 Å². The van der Waals surface area contributed by atoms with Crippen molar-refractivity contribution in [3.63, 3.8) is 0 Å². The summed E-state index contributed by atoms with van der Waals surface area (Å²) >= 11 is 3.53. The molecule has 8 heteroatoms. The second-order valence-corrected chi connectivity index (χ2v) is 6.01. The van der Waals surface area contributed by atoms with Gasteiger partial charge in [0.2, 0.25) is 11.9 Å². The minimum absolute atomic E-state index is 0.0958. The Morgan fingerprint density at radius 2 is 2.33 bits per heavy atom. The molecule has 7 nitrogen and oxygen atoms in total. The third-order valence-corrected chi connectivity index (χ3v) is 4.15. The summed E-state index contributed by atoms with van der Waals surface area (Å²) in [4.78, 5) is 16.0. The van der Waals surface area contributed by atoms with Crippen molar-refractivity contribution in [2.24, 2.45) is 0 Å². The van der Waals surface area contributed by atoms with Gasteiger partial charge in [-0.2, -0.15) is 10.1 Å². The number of nitrogens with one attached hydrogen (secondary N) is 1. The fourth-order valence-corrected chi connectivity index (χ4v) is 3.16. The van der Waals surface area contributed by atoms with Gasteiger partial charge in [-0.15, -0.1) is 0 Å². The van der Waals surface area contributed by atoms with Gasteiger partial charge in [-0.3, -0.25) is 10.1 Å². The van der Waals surface area contributed by atoms with Crippen LogP contribution >= 0.6 is 15.9 Å². The van der Waals surface area contributed by atoms with Gasteiger partial charge in [-0.05, 0) is 40.5 Å². The average Bonchev–Trinajstić information content (AvgIpc) is 3.01. The van der Waals surface area contributed by atoms with E-state index in [4.69, 9.17) is 9.47 Å². The van der Waals surface area contributed by atoms with Gasteiger partial charge in [0.1, 0.15) is 12.9 Å². The zero-order chi connectivity index (χ0) is 17.1. The Morgan fingerprint density at radius 3 is 3.08 bits per heavy atom. The zero-order valence-corrected chi connectivity index (χ0v) is 14.7. The minimum atomic E-state index is -0.250. The molecule has 0 saturated carbocycles. The van der Waals surface area contributed by atoms with Gasteiger partial charge in [0.05, 0.1) is 23.5 Å². The van der Waals surface area contributed by atoms with Gasteiger partial charge in [0.15, 0.2) is 11.5 Å². The number of fused-ring (bicyclic) bond motifs is 1. The topological polar surface area (TPSA) is 78.3 Å². The Kier molecular flexibility index (Phi) is 4.84. The fraction of sp³-hybridized carbons (Fsp3) is 0.312. The first-order valence-electron chi connectivity index (χ1n) is 7.53. The fourth-order valence-electron chi connectivity index (χ4n) is 2.59. The first-order chi connectivity index (χ1) is 11.6. The minimum Gasteiger partial charge on any atom is -0.490 e. The molecule has 1 aliphatic heterocycles. The molecular formula is C16H17BrN4O3. The molecule has 0 spiro atoms. The van der Waals surface area contributed by atoms with Gasteiger partial charge in [-0.25, -0.2) is 4.68 Å². The number of nitrogens with zero attached hydrogens (tertiary/aromatic N) is 3. The molecule has 0 radical (unpaired) electrons. The van der Waals surface area contributed by atoms with E-state index in [1.807, 2.05) is 19.1 Å². The maximum absolute atomic E-state index is 11.9. The molecule has 1 N–H and O–H groups in total. The van der Waals surface area contributed by atoms with E-state index >= 15 is 0 Å². The smallest absolute Gasteiger partial charge is 0.229 e. The van der Waals surface area contributed by atoms with Crippen LogP contribution in [0.3, 0.4) is 0 Å². The number of aromatic nitrogens is 3. The lowest BCUT2D eigenvalue weighted by Gasteiger charge is -2.25. The first kappa shape index (κ1) is 16.5. The number of carbonyl (C=O) groups excluding carboxylic acids is 1. The number of carbonyl (C=O) groups is 1. The Morgan fingerprint density at radius 1 is 1.50 bits per heavy atom. The maximum Gasteiger partial charge on any atom is 0.229 e. The van der Waals surface area contributed by atoms with Gasteiger partial charge < -0.3 is 9.47 Å². The highest BCUT2D eigenvalue weighted by molar-refractivity contribution is 9.10. The van der Waals surface area contributed by atoms with Crippen LogP contribution in [-0.4, -0.2) is 33.9 Å². The van der Waals surface area contributed by atoms with Crippen LogP contribution in [0.25, 0.3) is 0 Å². The molecule has 1 atom stereocenters. The van der Waals surface area contributed by atoms with Crippen molar-refractivity contribution in [1.29, 1.82) is 0 Å². The van der Waals surface area contributed by atoms with Crippen LogP contribution < -0.4 is 14.8 Å². The lowest BCUT2D eigenvalue weighted by atomic mass is 10.0. The van der Waals surface area contributed by atoms with Crippen LogP contribution in [0.15, 0.2) is 35.6 Å². The highest BCUT2D eigenvalue weighted by atomic mass is 79.9. The van der Waals surface area contributed by atoms with E-state index in [1.165, 1.54) is 6.33 Å². The molecule has 2 aromatic rings. The molecule has 0 aliphatic carbocycles. The van der Waals surface area contributed by atoms with Crippen molar-refractivity contribution in [2.45, 2.75) is 19.4 Å². The van der Waals surface area contributed by atoms with E-state index < -0.39 is 0 Å². The van der Waals surface area contributed by atoms with Crippen molar-refractivity contribution >= 4 is 27.8 Å². The standard InChI is InChI=1S/C16H17BrN4O3/c1-3-5-24-15-11(17)6-10(7-13(15)23-4-2)12-8-14(22)20-16-18-9-19-21(12)16/h3,6-7,9,12H,1,4-5,8H2,2H3,(H,18,19,20,22). The summed E-state index contributed by atoms with van der Waals surface area (Å²) < 4.78 is 13.8. The van der Waals surface area contributed by atoms with Crippen molar-refractivity contribution < 1.29 is 14.3 Å². The highest BCUT2D eigenvalue weighted by Gasteiger charge is 2.29. The number of ether oxygens (including phenoxy) is 2. The van der Waals surface area contributed by atoms with Crippen LogP contribution in [0.4, 0.5) is 5.95 Å². The molecule has 1 aromatic carbocycles. The van der Waals surface area contributed by atoms with Gasteiger partial charge >= 0.3 is 0 Å². The van der Waals surface area contributed by atoms with Crippen molar-refractivity contribution in [1.82, 2.24) is 14.8 Å². The van der Waals surface area contributed by atoms with Crippen LogP contribution in [0.1, 0.15) is 24.9 Å². The third-order valence-electron chi connectivity index (χ3n) is 3.56. The van der Waals surface area contributed by atoms with E-state index in [-0.39, 0.29) is 18.4 Å². The summed E-state index contributed by atoms with van der Waals surface area (Å²) in [5.41, 5.74) is 0.887. The molecule has 1 aliphatic rings. The molecule has 0 fully saturated rings. The Balaban J connectivity index is 2.03. The number of hydrogen-bond acceptors (Lipinski definition) is 5. The molecule has 1 unspecified atom stereocenters. The lowest BCUT2D eigenvalue weighted by Crippen LogP contribution is -2.29. The number of hydrogen-bond donors (Lipinski definition) is 1. The highest BCUT2D eigenvalue weighted by Crippen LogP contribution is 2.40. The van der Waals surface area contributed by atoms with E-state index in [1.54, 1.807) is 10.8 Å². The maximum atomic E-state index is 11.9. The Hall–Kier alpha value is -2.35. The normalized spacial score (nSPS) is 16.2. The summed E-state index contributed by atoms with van der Waals surface area (Å²) in [5.74, 6) is 1.56. The quantitative estimate of drug-likeness (QED) is 0.764. The summed E-state index contributed by atoms with van der Waals surface area (Å²) in [5, 5.41) is 6.92. The summed E-state index contributed by atoms with van der Waals surface area (Å²) in [7, 11) is 0. The largest absolute Gasteiger partial charge is 0.490 e. The summed E-state index contributed by atoms with van der Waals surface area (Å²) in [6.45, 7) is 6.43. The number of anilines is 1. The van der Waals surface area contributed by atoms with E-state index in [0.29, 0.717) is 30.7 Å². The van der Waals surface area contributed by atoms with Crippen molar-refractivity contribution in [3.8, 4) is 11.5 Å². The molecule has 0 bridgehead atoms.